The SMILES string of the molecule is CCOC(C)(C)CNc1nc(N)nc(OC)n1. The zero-order valence-corrected chi connectivity index (χ0v) is 10.6. The van der Waals surface area contributed by atoms with Gasteiger partial charge in [-0.15, -0.1) is 0 Å². The Morgan fingerprint density at radius 3 is 2.59 bits per heavy atom. The highest BCUT2D eigenvalue weighted by atomic mass is 16.5. The standard InChI is InChI=1S/C10H19N5O2/c1-5-17-10(2,3)6-12-8-13-7(11)14-9(15-8)16-4/h5-6H2,1-4H3,(H3,11,12,13,14,15). The predicted molar refractivity (Wildman–Crippen MR) is 65.0 cm³/mol. The lowest BCUT2D eigenvalue weighted by Gasteiger charge is -2.24. The van der Waals surface area contributed by atoms with E-state index in [0.717, 1.165) is 0 Å². The number of methoxy groups -OCH3 is 1. The van der Waals surface area contributed by atoms with E-state index in [0.29, 0.717) is 19.1 Å². The average Bonchev–Trinajstić information content (AvgIpc) is 2.26. The molecule has 1 aromatic heterocycles. The molecule has 0 saturated heterocycles. The summed E-state index contributed by atoms with van der Waals surface area (Å²) in [6.45, 7) is 7.12. The molecule has 7 nitrogen and oxygen atoms in total. The van der Waals surface area contributed by atoms with Crippen molar-refractivity contribution in [3.05, 3.63) is 0 Å². The summed E-state index contributed by atoms with van der Waals surface area (Å²) in [6.07, 6.45) is 0. The summed E-state index contributed by atoms with van der Waals surface area (Å²) in [5.41, 5.74) is 5.22. The zero-order valence-electron chi connectivity index (χ0n) is 10.6. The zero-order chi connectivity index (χ0) is 12.9. The molecule has 0 spiro atoms. The van der Waals surface area contributed by atoms with E-state index in [9.17, 15) is 0 Å². The molecule has 1 heterocycles. The summed E-state index contributed by atoms with van der Waals surface area (Å²) in [4.78, 5) is 11.8. The molecule has 96 valence electrons. The summed E-state index contributed by atoms with van der Waals surface area (Å²) >= 11 is 0. The molecule has 0 aliphatic rings. The van der Waals surface area contributed by atoms with Gasteiger partial charge in [0.2, 0.25) is 11.9 Å². The van der Waals surface area contributed by atoms with Crippen molar-refractivity contribution in [2.45, 2.75) is 26.4 Å². The lowest BCUT2D eigenvalue weighted by molar-refractivity contribution is 0.000570. The van der Waals surface area contributed by atoms with Gasteiger partial charge in [0.05, 0.1) is 12.7 Å². The minimum absolute atomic E-state index is 0.119. The molecule has 0 saturated carbocycles. The quantitative estimate of drug-likeness (QED) is 0.756. The van der Waals surface area contributed by atoms with E-state index >= 15 is 0 Å². The highest BCUT2D eigenvalue weighted by molar-refractivity contribution is 5.32. The van der Waals surface area contributed by atoms with Gasteiger partial charge in [-0.25, -0.2) is 0 Å². The largest absolute Gasteiger partial charge is 0.467 e. The lowest BCUT2D eigenvalue weighted by Crippen LogP contribution is -2.33. The number of anilines is 2. The first-order chi connectivity index (χ1) is 7.96. The van der Waals surface area contributed by atoms with Crippen LogP contribution in [0.15, 0.2) is 0 Å². The van der Waals surface area contributed by atoms with E-state index in [1.807, 2.05) is 20.8 Å². The van der Waals surface area contributed by atoms with Crippen LogP contribution in [0.1, 0.15) is 20.8 Å². The minimum Gasteiger partial charge on any atom is -0.467 e. The van der Waals surface area contributed by atoms with Gasteiger partial charge in [0.1, 0.15) is 0 Å². The van der Waals surface area contributed by atoms with Crippen molar-refractivity contribution in [3.63, 3.8) is 0 Å². The number of nitrogens with one attached hydrogen (secondary N) is 1. The van der Waals surface area contributed by atoms with Gasteiger partial charge < -0.3 is 20.5 Å². The van der Waals surface area contributed by atoms with Gasteiger partial charge in [-0.3, -0.25) is 0 Å². The molecule has 0 aromatic carbocycles. The Kier molecular flexibility index (Phi) is 4.45. The number of nitrogen functional groups attached to an aromatic ring is 1. The molecule has 0 aliphatic carbocycles. The van der Waals surface area contributed by atoms with E-state index in [1.165, 1.54) is 7.11 Å². The maximum absolute atomic E-state index is 5.54. The third kappa shape index (κ3) is 4.39. The van der Waals surface area contributed by atoms with Gasteiger partial charge in [-0.1, -0.05) is 0 Å². The molecule has 0 amide bonds. The minimum atomic E-state index is -0.302. The van der Waals surface area contributed by atoms with Gasteiger partial charge in [0.25, 0.3) is 0 Å². The molecular weight excluding hydrogens is 222 g/mol. The van der Waals surface area contributed by atoms with Crippen LogP contribution in [-0.4, -0.2) is 40.8 Å². The molecular formula is C10H19N5O2. The number of hydrogen-bond acceptors (Lipinski definition) is 7. The van der Waals surface area contributed by atoms with Crippen molar-refractivity contribution >= 4 is 11.9 Å². The summed E-state index contributed by atoms with van der Waals surface area (Å²) in [7, 11) is 1.47. The predicted octanol–water partition coefficient (Wildman–Crippen LogP) is 0.689. The van der Waals surface area contributed by atoms with E-state index < -0.39 is 0 Å². The van der Waals surface area contributed by atoms with Crippen molar-refractivity contribution in [2.24, 2.45) is 0 Å². The molecule has 7 heteroatoms. The van der Waals surface area contributed by atoms with Crippen molar-refractivity contribution in [1.82, 2.24) is 15.0 Å². The van der Waals surface area contributed by atoms with Crippen LogP contribution in [0, 0.1) is 0 Å². The van der Waals surface area contributed by atoms with E-state index in [4.69, 9.17) is 15.2 Å². The Hall–Kier alpha value is -1.63. The maximum atomic E-state index is 5.54. The summed E-state index contributed by atoms with van der Waals surface area (Å²) < 4.78 is 10.4. The number of aromatic nitrogens is 3. The number of ether oxygens (including phenoxy) is 2. The molecule has 1 rings (SSSR count). The Balaban J connectivity index is 2.65. The number of hydrogen-bond donors (Lipinski definition) is 2. The van der Waals surface area contributed by atoms with Crippen LogP contribution >= 0.6 is 0 Å². The van der Waals surface area contributed by atoms with Gasteiger partial charge in [-0.05, 0) is 20.8 Å². The van der Waals surface area contributed by atoms with Crippen LogP contribution < -0.4 is 15.8 Å². The topological polar surface area (TPSA) is 95.2 Å². The first-order valence-electron chi connectivity index (χ1n) is 5.40. The maximum Gasteiger partial charge on any atom is 0.322 e. The van der Waals surface area contributed by atoms with Crippen molar-refractivity contribution in [2.75, 3.05) is 31.3 Å². The first-order valence-corrected chi connectivity index (χ1v) is 5.40. The lowest BCUT2D eigenvalue weighted by atomic mass is 10.1. The first kappa shape index (κ1) is 13.4. The van der Waals surface area contributed by atoms with Crippen molar-refractivity contribution in [3.8, 4) is 6.01 Å². The van der Waals surface area contributed by atoms with Gasteiger partial charge in [-0.2, -0.15) is 15.0 Å². The Labute approximate surface area is 101 Å². The third-order valence-electron chi connectivity index (χ3n) is 2.02. The van der Waals surface area contributed by atoms with E-state index in [1.54, 1.807) is 0 Å². The summed E-state index contributed by atoms with van der Waals surface area (Å²) in [6, 6.07) is 0.189. The van der Waals surface area contributed by atoms with Crippen LogP contribution in [0.2, 0.25) is 0 Å². The summed E-state index contributed by atoms with van der Waals surface area (Å²) in [5.74, 6) is 0.496. The Morgan fingerprint density at radius 2 is 2.00 bits per heavy atom. The van der Waals surface area contributed by atoms with Crippen LogP contribution in [0.3, 0.4) is 0 Å². The number of nitrogens with zero attached hydrogens (tertiary/aromatic N) is 3. The van der Waals surface area contributed by atoms with Crippen LogP contribution in [0.5, 0.6) is 6.01 Å². The molecule has 0 bridgehead atoms. The molecule has 0 radical (unpaired) electrons. The number of rotatable bonds is 6. The molecule has 0 atom stereocenters. The normalized spacial score (nSPS) is 11.3. The summed E-state index contributed by atoms with van der Waals surface area (Å²) in [5, 5.41) is 3.04. The second-order valence-electron chi connectivity index (χ2n) is 4.05. The van der Waals surface area contributed by atoms with Crippen molar-refractivity contribution < 1.29 is 9.47 Å². The van der Waals surface area contributed by atoms with E-state index in [2.05, 4.69) is 20.3 Å². The van der Waals surface area contributed by atoms with Crippen LogP contribution in [-0.2, 0) is 4.74 Å². The molecule has 0 aliphatic heterocycles. The monoisotopic (exact) mass is 241 g/mol. The van der Waals surface area contributed by atoms with Crippen LogP contribution in [0.25, 0.3) is 0 Å². The second kappa shape index (κ2) is 5.62. The molecule has 1 aromatic rings. The Morgan fingerprint density at radius 1 is 1.29 bits per heavy atom. The average molecular weight is 241 g/mol. The molecule has 3 N–H and O–H groups in total. The smallest absolute Gasteiger partial charge is 0.322 e. The highest BCUT2D eigenvalue weighted by Gasteiger charge is 2.18. The number of nitrogens with two attached hydrogens (primary N) is 1. The Bertz CT molecular complexity index is 370. The molecule has 17 heavy (non-hydrogen) atoms. The fourth-order valence-corrected chi connectivity index (χ4v) is 1.28. The van der Waals surface area contributed by atoms with Gasteiger partial charge in [0.15, 0.2) is 0 Å². The van der Waals surface area contributed by atoms with Crippen LogP contribution in [0.4, 0.5) is 11.9 Å². The van der Waals surface area contributed by atoms with E-state index in [-0.39, 0.29) is 17.6 Å². The van der Waals surface area contributed by atoms with Gasteiger partial charge >= 0.3 is 6.01 Å². The van der Waals surface area contributed by atoms with Crippen molar-refractivity contribution in [1.29, 1.82) is 0 Å². The second-order valence-corrected chi connectivity index (χ2v) is 4.05. The third-order valence-corrected chi connectivity index (χ3v) is 2.02. The highest BCUT2D eigenvalue weighted by Crippen LogP contribution is 2.12. The fourth-order valence-electron chi connectivity index (χ4n) is 1.28. The molecule has 0 unspecified atom stereocenters. The fraction of sp³-hybridized carbons (Fsp3) is 0.700. The van der Waals surface area contributed by atoms with Gasteiger partial charge in [0, 0.05) is 13.2 Å². The molecule has 0 fully saturated rings.